The summed E-state index contributed by atoms with van der Waals surface area (Å²) in [5, 5.41) is 4.09. The molecule has 0 radical (unpaired) electrons. The van der Waals surface area contributed by atoms with Gasteiger partial charge in [0, 0.05) is 85.2 Å². The molecule has 1 aliphatic carbocycles. The first-order valence-corrected chi connectivity index (χ1v) is 15.3. The standard InChI is InChI=1S/C35H45N5O2/c1-8-24(5)28-15-23(4)16-32(41)30(28)20-37-35(42)29-17-27(18-31-34(29)25(6)21-40(31)22(2)3)26-9-10-33(36-19-26)39-13-11-38(7)12-14-39/h9-10,15,17-19,21-22,24H,8,11-14,16,20H2,1-7H3,(H,37,42). The fourth-order valence-electron chi connectivity index (χ4n) is 6.19. The summed E-state index contributed by atoms with van der Waals surface area (Å²) in [4.78, 5) is 36.5. The molecule has 42 heavy (non-hydrogen) atoms. The number of Topliss-reactive ketones (excluding diaryl/α,β-unsaturated/α-hetero) is 1. The van der Waals surface area contributed by atoms with Crippen LogP contribution in [0.25, 0.3) is 22.0 Å². The molecule has 1 N–H and O–H groups in total. The van der Waals surface area contributed by atoms with Crippen LogP contribution < -0.4 is 10.2 Å². The Hall–Kier alpha value is -3.71. The summed E-state index contributed by atoms with van der Waals surface area (Å²) in [7, 11) is 2.15. The maximum absolute atomic E-state index is 13.9. The van der Waals surface area contributed by atoms with Crippen LogP contribution >= 0.6 is 0 Å². The van der Waals surface area contributed by atoms with Gasteiger partial charge in [-0.1, -0.05) is 25.5 Å². The number of aryl methyl sites for hydroxylation is 1. The molecule has 1 aliphatic heterocycles. The number of likely N-dealkylation sites (N-methyl/N-ethyl adjacent to an activating group) is 1. The zero-order valence-electron chi connectivity index (χ0n) is 26.3. The number of pyridine rings is 1. The van der Waals surface area contributed by atoms with E-state index in [1.54, 1.807) is 0 Å². The van der Waals surface area contributed by atoms with Gasteiger partial charge < -0.3 is 19.7 Å². The maximum Gasteiger partial charge on any atom is 0.252 e. The number of benzene rings is 1. The lowest BCUT2D eigenvalue weighted by Gasteiger charge is -2.33. The third-order valence-electron chi connectivity index (χ3n) is 8.93. The topological polar surface area (TPSA) is 70.5 Å². The van der Waals surface area contributed by atoms with Gasteiger partial charge in [-0.15, -0.1) is 0 Å². The van der Waals surface area contributed by atoms with Gasteiger partial charge in [0.15, 0.2) is 5.78 Å². The molecule has 3 aromatic rings. The van der Waals surface area contributed by atoms with Gasteiger partial charge in [0.1, 0.15) is 5.82 Å². The molecule has 7 nitrogen and oxygen atoms in total. The van der Waals surface area contributed by atoms with E-state index in [1.165, 1.54) is 0 Å². The number of nitrogens with zero attached hydrogens (tertiary/aromatic N) is 4. The second kappa shape index (κ2) is 12.3. The van der Waals surface area contributed by atoms with Gasteiger partial charge in [-0.25, -0.2) is 4.98 Å². The van der Waals surface area contributed by atoms with Crippen molar-refractivity contribution in [1.82, 2.24) is 19.8 Å². The SMILES string of the molecule is CCC(C)C1=C(CNC(=O)c2cc(-c3ccc(N4CCN(C)CC4)nc3)cc3c2c(C)cn3C(C)C)C(=O)CC(C)=C1. The highest BCUT2D eigenvalue weighted by molar-refractivity contribution is 6.10. The van der Waals surface area contributed by atoms with Crippen LogP contribution in [0.1, 0.15) is 69.4 Å². The molecule has 1 fully saturated rings. The molecule has 2 aromatic heterocycles. The number of carbonyl (C=O) groups is 2. The van der Waals surface area contributed by atoms with Crippen molar-refractivity contribution < 1.29 is 9.59 Å². The predicted octanol–water partition coefficient (Wildman–Crippen LogP) is 6.34. The molecule has 1 unspecified atom stereocenters. The largest absolute Gasteiger partial charge is 0.354 e. The van der Waals surface area contributed by atoms with E-state index in [0.29, 0.717) is 12.0 Å². The smallest absolute Gasteiger partial charge is 0.252 e. The number of aromatic nitrogens is 2. The predicted molar refractivity (Wildman–Crippen MR) is 172 cm³/mol. The number of fused-ring (bicyclic) bond motifs is 1. The zero-order valence-corrected chi connectivity index (χ0v) is 26.3. The minimum Gasteiger partial charge on any atom is -0.354 e. The summed E-state index contributed by atoms with van der Waals surface area (Å²) in [6.45, 7) is 16.9. The molecule has 5 rings (SSSR count). The summed E-state index contributed by atoms with van der Waals surface area (Å²) in [6, 6.07) is 8.59. The van der Waals surface area contributed by atoms with E-state index in [2.05, 4.69) is 91.8 Å². The Morgan fingerprint density at radius 2 is 1.79 bits per heavy atom. The van der Waals surface area contributed by atoms with Crippen LogP contribution in [0.15, 0.2) is 59.5 Å². The van der Waals surface area contributed by atoms with Crippen LogP contribution in [0.5, 0.6) is 0 Å². The lowest BCUT2D eigenvalue weighted by molar-refractivity contribution is -0.115. The van der Waals surface area contributed by atoms with Gasteiger partial charge in [0.05, 0.1) is 0 Å². The Morgan fingerprint density at radius 1 is 1.05 bits per heavy atom. The van der Waals surface area contributed by atoms with E-state index >= 15 is 0 Å². The minimum atomic E-state index is -0.163. The van der Waals surface area contributed by atoms with Crippen LogP contribution in [0.2, 0.25) is 0 Å². The van der Waals surface area contributed by atoms with E-state index in [0.717, 1.165) is 82.7 Å². The summed E-state index contributed by atoms with van der Waals surface area (Å²) in [5.41, 5.74) is 7.52. The molecule has 1 atom stereocenters. The average Bonchev–Trinajstić information content (AvgIpc) is 3.32. The first kappa shape index (κ1) is 29.8. The first-order valence-electron chi connectivity index (χ1n) is 15.3. The Kier molecular flexibility index (Phi) is 8.69. The van der Waals surface area contributed by atoms with E-state index in [1.807, 2.05) is 19.2 Å². The van der Waals surface area contributed by atoms with Gasteiger partial charge in [-0.2, -0.15) is 0 Å². The number of anilines is 1. The zero-order chi connectivity index (χ0) is 30.1. The molecule has 0 saturated carbocycles. The molecule has 2 aliphatic rings. The van der Waals surface area contributed by atoms with Crippen molar-refractivity contribution in [3.05, 3.63) is 70.6 Å². The number of hydrogen-bond donors (Lipinski definition) is 1. The summed E-state index contributed by atoms with van der Waals surface area (Å²) < 4.78 is 2.23. The number of amides is 1. The first-order chi connectivity index (χ1) is 20.1. The number of carbonyl (C=O) groups excluding carboxylic acids is 2. The van der Waals surface area contributed by atoms with Gasteiger partial charge in [-0.05, 0) is 88.0 Å². The quantitative estimate of drug-likeness (QED) is 0.344. The number of nitrogens with one attached hydrogen (secondary N) is 1. The van der Waals surface area contributed by atoms with E-state index in [-0.39, 0.29) is 30.2 Å². The van der Waals surface area contributed by atoms with Crippen molar-refractivity contribution in [2.24, 2.45) is 5.92 Å². The average molecular weight is 568 g/mol. The van der Waals surface area contributed by atoms with Gasteiger partial charge >= 0.3 is 0 Å². The van der Waals surface area contributed by atoms with E-state index in [9.17, 15) is 9.59 Å². The molecular weight excluding hydrogens is 522 g/mol. The van der Waals surface area contributed by atoms with Crippen molar-refractivity contribution in [1.29, 1.82) is 0 Å². The monoisotopic (exact) mass is 567 g/mol. The number of rotatable bonds is 8. The number of hydrogen-bond acceptors (Lipinski definition) is 5. The van der Waals surface area contributed by atoms with Crippen molar-refractivity contribution in [3.63, 3.8) is 0 Å². The van der Waals surface area contributed by atoms with Gasteiger partial charge in [0.2, 0.25) is 0 Å². The van der Waals surface area contributed by atoms with E-state index < -0.39 is 0 Å². The number of allylic oxidation sites excluding steroid dienone is 3. The molecule has 0 spiro atoms. The lowest BCUT2D eigenvalue weighted by atomic mass is 9.84. The Labute approximate surface area is 250 Å². The molecule has 1 amide bonds. The molecule has 1 aromatic carbocycles. The van der Waals surface area contributed by atoms with Crippen molar-refractivity contribution >= 4 is 28.4 Å². The summed E-state index contributed by atoms with van der Waals surface area (Å²) >= 11 is 0. The molecule has 3 heterocycles. The van der Waals surface area contributed by atoms with Crippen LogP contribution in [0.3, 0.4) is 0 Å². The Morgan fingerprint density at radius 3 is 2.43 bits per heavy atom. The number of ketones is 1. The Balaban J connectivity index is 1.50. The van der Waals surface area contributed by atoms with Crippen LogP contribution in [-0.2, 0) is 4.79 Å². The van der Waals surface area contributed by atoms with Crippen molar-refractivity contribution in [2.75, 3.05) is 44.7 Å². The summed E-state index contributed by atoms with van der Waals surface area (Å²) in [5.74, 6) is 1.19. The van der Waals surface area contributed by atoms with E-state index in [4.69, 9.17) is 4.98 Å². The highest BCUT2D eigenvalue weighted by atomic mass is 16.2. The normalized spacial score (nSPS) is 17.3. The third-order valence-corrected chi connectivity index (χ3v) is 8.93. The van der Waals surface area contributed by atoms with Gasteiger partial charge in [0.25, 0.3) is 5.91 Å². The molecular formula is C35H45N5O2. The second-order valence-electron chi connectivity index (χ2n) is 12.4. The van der Waals surface area contributed by atoms with Gasteiger partial charge in [-0.3, -0.25) is 9.59 Å². The molecule has 0 bridgehead atoms. The Bertz CT molecular complexity index is 1550. The van der Waals surface area contributed by atoms with Crippen LogP contribution in [-0.4, -0.2) is 65.9 Å². The number of piperazine rings is 1. The second-order valence-corrected chi connectivity index (χ2v) is 12.4. The summed E-state index contributed by atoms with van der Waals surface area (Å²) in [6.07, 6.45) is 7.55. The molecule has 222 valence electrons. The third kappa shape index (κ3) is 5.93. The highest BCUT2D eigenvalue weighted by Gasteiger charge is 2.25. The van der Waals surface area contributed by atoms with Crippen LogP contribution in [0, 0.1) is 12.8 Å². The molecule has 7 heteroatoms. The molecule has 1 saturated heterocycles. The van der Waals surface area contributed by atoms with Crippen molar-refractivity contribution in [3.8, 4) is 11.1 Å². The fraction of sp³-hybridized carbons (Fsp3) is 0.457. The fourth-order valence-corrected chi connectivity index (χ4v) is 6.19. The highest BCUT2D eigenvalue weighted by Crippen LogP contribution is 2.34. The maximum atomic E-state index is 13.9. The van der Waals surface area contributed by atoms with Crippen molar-refractivity contribution in [2.45, 2.75) is 60.4 Å². The minimum absolute atomic E-state index is 0.109. The van der Waals surface area contributed by atoms with Crippen LogP contribution in [0.4, 0.5) is 5.82 Å². The lowest BCUT2D eigenvalue weighted by Crippen LogP contribution is -2.44.